The number of pyridine rings is 1. The van der Waals surface area contributed by atoms with Crippen molar-refractivity contribution >= 4 is 5.91 Å². The van der Waals surface area contributed by atoms with Crippen LogP contribution >= 0.6 is 0 Å². The predicted molar refractivity (Wildman–Crippen MR) is 88.3 cm³/mol. The fourth-order valence-electron chi connectivity index (χ4n) is 2.49. The number of rotatable bonds is 5. The lowest BCUT2D eigenvalue weighted by molar-refractivity contribution is 0.0950. The van der Waals surface area contributed by atoms with Crippen molar-refractivity contribution in [2.24, 2.45) is 0 Å². The minimum absolute atomic E-state index is 0.183. The van der Waals surface area contributed by atoms with Crippen molar-refractivity contribution in [3.8, 4) is 5.69 Å². The number of carbonyl (C=O) groups is 1. The first-order valence-corrected chi connectivity index (χ1v) is 7.69. The highest BCUT2D eigenvalue weighted by Crippen LogP contribution is 2.16. The SMILES string of the molecule is CCc1c(C(=O)NCc2ccncc2)cnn1-c1ccc(F)cc1. The fourth-order valence-corrected chi connectivity index (χ4v) is 2.49. The lowest BCUT2D eigenvalue weighted by Gasteiger charge is -2.08. The van der Waals surface area contributed by atoms with E-state index >= 15 is 0 Å². The first-order chi connectivity index (χ1) is 11.7. The van der Waals surface area contributed by atoms with Crippen LogP contribution in [0.25, 0.3) is 5.69 Å². The molecule has 0 aliphatic carbocycles. The molecule has 2 heterocycles. The van der Waals surface area contributed by atoms with Gasteiger partial charge in [0.05, 0.1) is 23.1 Å². The van der Waals surface area contributed by atoms with Crippen LogP contribution < -0.4 is 5.32 Å². The minimum atomic E-state index is -0.306. The van der Waals surface area contributed by atoms with Crippen molar-refractivity contribution in [3.05, 3.63) is 77.6 Å². The molecule has 3 aromatic rings. The summed E-state index contributed by atoms with van der Waals surface area (Å²) in [5.74, 6) is -0.490. The van der Waals surface area contributed by atoms with Crippen molar-refractivity contribution in [1.29, 1.82) is 0 Å². The highest BCUT2D eigenvalue weighted by atomic mass is 19.1. The Bertz CT molecular complexity index is 828. The molecule has 122 valence electrons. The van der Waals surface area contributed by atoms with E-state index in [2.05, 4.69) is 15.4 Å². The molecule has 0 fully saturated rings. The van der Waals surface area contributed by atoms with Gasteiger partial charge in [-0.3, -0.25) is 9.78 Å². The molecule has 0 saturated carbocycles. The summed E-state index contributed by atoms with van der Waals surface area (Å²) in [4.78, 5) is 16.4. The van der Waals surface area contributed by atoms with Gasteiger partial charge in [-0.25, -0.2) is 9.07 Å². The van der Waals surface area contributed by atoms with Crippen molar-refractivity contribution in [3.63, 3.8) is 0 Å². The highest BCUT2D eigenvalue weighted by Gasteiger charge is 2.17. The monoisotopic (exact) mass is 324 g/mol. The summed E-state index contributed by atoms with van der Waals surface area (Å²) in [7, 11) is 0. The average Bonchev–Trinajstić information content (AvgIpc) is 3.05. The molecule has 0 atom stereocenters. The van der Waals surface area contributed by atoms with E-state index < -0.39 is 0 Å². The first kappa shape index (κ1) is 15.9. The van der Waals surface area contributed by atoms with Crippen molar-refractivity contribution < 1.29 is 9.18 Å². The Morgan fingerprint density at radius 1 is 1.17 bits per heavy atom. The van der Waals surface area contributed by atoms with Crippen LogP contribution in [-0.2, 0) is 13.0 Å². The molecule has 5 nitrogen and oxygen atoms in total. The van der Waals surface area contributed by atoms with E-state index in [1.165, 1.54) is 12.1 Å². The lowest BCUT2D eigenvalue weighted by Crippen LogP contribution is -2.23. The maximum atomic E-state index is 13.1. The Balaban J connectivity index is 1.81. The van der Waals surface area contributed by atoms with Gasteiger partial charge in [-0.2, -0.15) is 5.10 Å². The van der Waals surface area contributed by atoms with Gasteiger partial charge < -0.3 is 5.32 Å². The highest BCUT2D eigenvalue weighted by molar-refractivity contribution is 5.95. The molecule has 0 bridgehead atoms. The molecule has 0 radical (unpaired) electrons. The second-order valence-electron chi connectivity index (χ2n) is 5.28. The van der Waals surface area contributed by atoms with Gasteiger partial charge in [-0.15, -0.1) is 0 Å². The topological polar surface area (TPSA) is 59.8 Å². The van der Waals surface area contributed by atoms with Crippen LogP contribution in [0.2, 0.25) is 0 Å². The van der Waals surface area contributed by atoms with E-state index in [1.54, 1.807) is 35.4 Å². The van der Waals surface area contributed by atoms with Gasteiger partial charge in [0.25, 0.3) is 5.91 Å². The molecule has 2 aromatic heterocycles. The average molecular weight is 324 g/mol. The van der Waals surface area contributed by atoms with Crippen LogP contribution in [0.3, 0.4) is 0 Å². The van der Waals surface area contributed by atoms with E-state index in [0.29, 0.717) is 18.5 Å². The van der Waals surface area contributed by atoms with Gasteiger partial charge in [0.2, 0.25) is 0 Å². The van der Waals surface area contributed by atoms with E-state index in [4.69, 9.17) is 0 Å². The van der Waals surface area contributed by atoms with Crippen molar-refractivity contribution in [2.75, 3.05) is 0 Å². The van der Waals surface area contributed by atoms with Crippen LogP contribution in [-0.4, -0.2) is 20.7 Å². The fraction of sp³-hybridized carbons (Fsp3) is 0.167. The number of hydrogen-bond donors (Lipinski definition) is 1. The van der Waals surface area contributed by atoms with Crippen molar-refractivity contribution in [2.45, 2.75) is 19.9 Å². The molecule has 0 spiro atoms. The number of halogens is 1. The third-order valence-electron chi connectivity index (χ3n) is 3.72. The van der Waals surface area contributed by atoms with Crippen LogP contribution in [0, 0.1) is 5.82 Å². The maximum absolute atomic E-state index is 13.1. The van der Waals surface area contributed by atoms with E-state index in [9.17, 15) is 9.18 Å². The number of nitrogens with one attached hydrogen (secondary N) is 1. The Morgan fingerprint density at radius 2 is 1.88 bits per heavy atom. The van der Waals surface area contributed by atoms with E-state index in [1.807, 2.05) is 19.1 Å². The molecule has 0 unspecified atom stereocenters. The number of aromatic nitrogens is 3. The third kappa shape index (κ3) is 3.32. The predicted octanol–water partition coefficient (Wildman–Crippen LogP) is 2.90. The molecular formula is C18H17FN4O. The lowest BCUT2D eigenvalue weighted by atomic mass is 10.1. The summed E-state index contributed by atoms with van der Waals surface area (Å²) in [6, 6.07) is 9.73. The third-order valence-corrected chi connectivity index (χ3v) is 3.72. The number of carbonyl (C=O) groups excluding carboxylic acids is 1. The minimum Gasteiger partial charge on any atom is -0.348 e. The number of nitrogens with zero attached hydrogens (tertiary/aromatic N) is 3. The molecule has 0 saturated heterocycles. The van der Waals surface area contributed by atoms with Crippen LogP contribution in [0.5, 0.6) is 0 Å². The van der Waals surface area contributed by atoms with Crippen LogP contribution in [0.15, 0.2) is 55.0 Å². The Kier molecular flexibility index (Phi) is 4.65. The summed E-state index contributed by atoms with van der Waals surface area (Å²) >= 11 is 0. The summed E-state index contributed by atoms with van der Waals surface area (Å²) < 4.78 is 14.7. The molecule has 1 amide bonds. The summed E-state index contributed by atoms with van der Waals surface area (Å²) in [6.45, 7) is 2.38. The number of hydrogen-bond acceptors (Lipinski definition) is 3. The van der Waals surface area contributed by atoms with Gasteiger partial charge in [-0.1, -0.05) is 6.92 Å². The van der Waals surface area contributed by atoms with E-state index in [0.717, 1.165) is 16.9 Å². The molecule has 6 heteroatoms. The van der Waals surface area contributed by atoms with Gasteiger partial charge in [0, 0.05) is 18.9 Å². The summed E-state index contributed by atoms with van der Waals surface area (Å²) in [6.07, 6.45) is 5.55. The standard InChI is InChI=1S/C18H17FN4O/c1-2-17-16(18(24)21-11-13-7-9-20-10-8-13)12-22-23(17)15-5-3-14(19)4-6-15/h3-10,12H,2,11H2,1H3,(H,21,24). The Hall–Kier alpha value is -3.02. The molecule has 1 aromatic carbocycles. The molecule has 24 heavy (non-hydrogen) atoms. The van der Waals surface area contributed by atoms with Crippen molar-refractivity contribution in [1.82, 2.24) is 20.1 Å². The zero-order valence-electron chi connectivity index (χ0n) is 13.2. The maximum Gasteiger partial charge on any atom is 0.255 e. The van der Waals surface area contributed by atoms with E-state index in [-0.39, 0.29) is 11.7 Å². The largest absolute Gasteiger partial charge is 0.348 e. The number of amides is 1. The smallest absolute Gasteiger partial charge is 0.255 e. The summed E-state index contributed by atoms with van der Waals surface area (Å²) in [5, 5.41) is 7.17. The molecular weight excluding hydrogens is 307 g/mol. The molecule has 1 N–H and O–H groups in total. The molecule has 0 aliphatic heterocycles. The van der Waals surface area contributed by atoms with Gasteiger partial charge >= 0.3 is 0 Å². The second-order valence-corrected chi connectivity index (χ2v) is 5.28. The van der Waals surface area contributed by atoms with Gasteiger partial charge in [0.15, 0.2) is 0 Å². The summed E-state index contributed by atoms with van der Waals surface area (Å²) in [5.41, 5.74) is 3.01. The normalized spacial score (nSPS) is 10.6. The van der Waals surface area contributed by atoms with Gasteiger partial charge in [-0.05, 0) is 48.4 Å². The molecule has 0 aliphatic rings. The Labute approximate surface area is 139 Å². The van der Waals surface area contributed by atoms with Crippen LogP contribution in [0.1, 0.15) is 28.5 Å². The Morgan fingerprint density at radius 3 is 2.54 bits per heavy atom. The quantitative estimate of drug-likeness (QED) is 0.785. The zero-order valence-corrected chi connectivity index (χ0v) is 13.2. The van der Waals surface area contributed by atoms with Gasteiger partial charge in [0.1, 0.15) is 5.82 Å². The number of benzene rings is 1. The zero-order chi connectivity index (χ0) is 16.9. The molecule has 3 rings (SSSR count). The van der Waals surface area contributed by atoms with Crippen LogP contribution in [0.4, 0.5) is 4.39 Å². The second kappa shape index (κ2) is 7.04. The first-order valence-electron chi connectivity index (χ1n) is 7.69.